The Hall–Kier alpha value is -1.80. The standard InChI is InChI=1S/C14H21N5O2S/c1-4-12-17-19-13(21)7-10(16-14(19)22-12)8-18(6-3)9-11(20)15-5-2/h7H,4-6,8-9H2,1-3H3,(H,15,20). The predicted octanol–water partition coefficient (Wildman–Crippen LogP) is 0.671. The molecule has 0 saturated carbocycles. The van der Waals surface area contributed by atoms with E-state index in [0.29, 0.717) is 36.8 Å². The van der Waals surface area contributed by atoms with Crippen LogP contribution >= 0.6 is 11.3 Å². The largest absolute Gasteiger partial charge is 0.355 e. The third kappa shape index (κ3) is 3.89. The minimum Gasteiger partial charge on any atom is -0.355 e. The lowest BCUT2D eigenvalue weighted by molar-refractivity contribution is -0.122. The Balaban J connectivity index is 2.19. The number of aryl methyl sites for hydroxylation is 1. The Morgan fingerprint density at radius 1 is 1.41 bits per heavy atom. The summed E-state index contributed by atoms with van der Waals surface area (Å²) < 4.78 is 1.34. The number of nitrogens with zero attached hydrogens (tertiary/aromatic N) is 4. The molecule has 2 aromatic rings. The molecule has 2 heterocycles. The minimum atomic E-state index is -0.176. The Bertz CT molecular complexity index is 709. The Labute approximate surface area is 133 Å². The summed E-state index contributed by atoms with van der Waals surface area (Å²) in [7, 11) is 0. The number of hydrogen-bond acceptors (Lipinski definition) is 6. The van der Waals surface area contributed by atoms with Crippen LogP contribution in [0.25, 0.3) is 4.96 Å². The maximum atomic E-state index is 12.1. The van der Waals surface area contributed by atoms with Crippen LogP contribution in [0.15, 0.2) is 10.9 Å². The topological polar surface area (TPSA) is 79.6 Å². The van der Waals surface area contributed by atoms with Gasteiger partial charge in [-0.3, -0.25) is 14.5 Å². The second-order valence-electron chi connectivity index (χ2n) is 4.89. The van der Waals surface area contributed by atoms with Crippen molar-refractivity contribution in [3.05, 3.63) is 27.1 Å². The lowest BCUT2D eigenvalue weighted by atomic mass is 10.3. The molecule has 0 aliphatic rings. The molecule has 0 radical (unpaired) electrons. The number of carbonyl (C=O) groups excluding carboxylic acids is 1. The van der Waals surface area contributed by atoms with Crippen molar-refractivity contribution in [1.29, 1.82) is 0 Å². The molecule has 2 aromatic heterocycles. The first-order chi connectivity index (χ1) is 10.6. The van der Waals surface area contributed by atoms with Gasteiger partial charge in [0, 0.05) is 19.2 Å². The summed E-state index contributed by atoms with van der Waals surface area (Å²) >= 11 is 1.43. The molecule has 1 amide bonds. The zero-order valence-corrected chi connectivity index (χ0v) is 13.9. The molecule has 0 spiro atoms. The van der Waals surface area contributed by atoms with Crippen molar-refractivity contribution in [2.45, 2.75) is 33.7 Å². The van der Waals surface area contributed by atoms with Crippen LogP contribution in [0.1, 0.15) is 31.5 Å². The average molecular weight is 323 g/mol. The maximum absolute atomic E-state index is 12.1. The van der Waals surface area contributed by atoms with E-state index in [1.54, 1.807) is 0 Å². The molecule has 8 heteroatoms. The molecule has 0 atom stereocenters. The smallest absolute Gasteiger partial charge is 0.275 e. The summed E-state index contributed by atoms with van der Waals surface area (Å²) in [6.45, 7) is 7.96. The molecular weight excluding hydrogens is 302 g/mol. The van der Waals surface area contributed by atoms with Crippen molar-refractivity contribution in [1.82, 2.24) is 24.8 Å². The number of fused-ring (bicyclic) bond motifs is 1. The van der Waals surface area contributed by atoms with Gasteiger partial charge in [0.1, 0.15) is 5.01 Å². The van der Waals surface area contributed by atoms with E-state index < -0.39 is 0 Å². The SMILES string of the molecule is CCNC(=O)CN(CC)Cc1cc(=O)n2nc(CC)sc2n1. The highest BCUT2D eigenvalue weighted by Gasteiger charge is 2.13. The van der Waals surface area contributed by atoms with E-state index in [2.05, 4.69) is 15.4 Å². The number of carbonyl (C=O) groups is 1. The number of aromatic nitrogens is 3. The van der Waals surface area contributed by atoms with Gasteiger partial charge in [-0.1, -0.05) is 25.2 Å². The van der Waals surface area contributed by atoms with Gasteiger partial charge in [0.25, 0.3) is 5.56 Å². The van der Waals surface area contributed by atoms with Gasteiger partial charge >= 0.3 is 0 Å². The minimum absolute atomic E-state index is 0.0202. The fourth-order valence-electron chi connectivity index (χ4n) is 2.08. The molecule has 1 N–H and O–H groups in total. The van der Waals surface area contributed by atoms with Gasteiger partial charge in [0.05, 0.1) is 12.2 Å². The van der Waals surface area contributed by atoms with E-state index in [1.165, 1.54) is 21.9 Å². The molecule has 0 fully saturated rings. The van der Waals surface area contributed by atoms with Crippen LogP contribution in [0.5, 0.6) is 0 Å². The van der Waals surface area contributed by atoms with E-state index in [-0.39, 0.29) is 11.5 Å². The molecule has 0 aliphatic heterocycles. The van der Waals surface area contributed by atoms with Crippen LogP contribution in [-0.4, -0.2) is 45.0 Å². The average Bonchev–Trinajstić information content (AvgIpc) is 2.90. The van der Waals surface area contributed by atoms with Crippen LogP contribution in [-0.2, 0) is 17.8 Å². The summed E-state index contributed by atoms with van der Waals surface area (Å²) in [5.41, 5.74) is 0.493. The van der Waals surface area contributed by atoms with Crippen LogP contribution in [0.3, 0.4) is 0 Å². The maximum Gasteiger partial charge on any atom is 0.275 e. The van der Waals surface area contributed by atoms with Crippen LogP contribution in [0.2, 0.25) is 0 Å². The highest BCUT2D eigenvalue weighted by atomic mass is 32.1. The van der Waals surface area contributed by atoms with E-state index in [4.69, 9.17) is 0 Å². The third-order valence-corrected chi connectivity index (χ3v) is 4.27. The highest BCUT2D eigenvalue weighted by molar-refractivity contribution is 7.16. The quantitative estimate of drug-likeness (QED) is 0.810. The number of amides is 1. The lowest BCUT2D eigenvalue weighted by Crippen LogP contribution is -2.37. The van der Waals surface area contributed by atoms with Gasteiger partial charge in [-0.15, -0.1) is 0 Å². The van der Waals surface area contributed by atoms with Crippen LogP contribution < -0.4 is 10.9 Å². The van der Waals surface area contributed by atoms with Crippen LogP contribution in [0, 0.1) is 0 Å². The van der Waals surface area contributed by atoms with Crippen molar-refractivity contribution in [3.63, 3.8) is 0 Å². The van der Waals surface area contributed by atoms with E-state index in [0.717, 1.165) is 11.4 Å². The monoisotopic (exact) mass is 323 g/mol. The number of hydrogen-bond donors (Lipinski definition) is 1. The first kappa shape index (κ1) is 16.6. The molecule has 0 aromatic carbocycles. The molecule has 2 rings (SSSR count). The Morgan fingerprint density at radius 3 is 2.82 bits per heavy atom. The zero-order chi connectivity index (χ0) is 16.1. The van der Waals surface area contributed by atoms with Crippen molar-refractivity contribution in [2.75, 3.05) is 19.6 Å². The third-order valence-electron chi connectivity index (χ3n) is 3.22. The van der Waals surface area contributed by atoms with Gasteiger partial charge in [0.2, 0.25) is 10.9 Å². The van der Waals surface area contributed by atoms with Gasteiger partial charge in [0.15, 0.2) is 0 Å². The number of likely N-dealkylation sites (N-methyl/N-ethyl adjacent to an activating group) is 2. The summed E-state index contributed by atoms with van der Waals surface area (Å²) in [5, 5.41) is 7.89. The van der Waals surface area contributed by atoms with Crippen molar-refractivity contribution in [2.24, 2.45) is 0 Å². The van der Waals surface area contributed by atoms with E-state index in [9.17, 15) is 9.59 Å². The normalized spacial score (nSPS) is 11.3. The van der Waals surface area contributed by atoms with Gasteiger partial charge in [-0.05, 0) is 19.9 Å². The second-order valence-corrected chi connectivity index (χ2v) is 5.93. The lowest BCUT2D eigenvalue weighted by Gasteiger charge is -2.18. The van der Waals surface area contributed by atoms with Crippen molar-refractivity contribution < 1.29 is 4.79 Å². The first-order valence-corrected chi connectivity index (χ1v) is 8.26. The Kier molecular flexibility index (Phi) is 5.62. The van der Waals surface area contributed by atoms with Crippen LogP contribution in [0.4, 0.5) is 0 Å². The number of nitrogens with one attached hydrogen (secondary N) is 1. The molecule has 0 aliphatic carbocycles. The Morgan fingerprint density at radius 2 is 2.18 bits per heavy atom. The van der Waals surface area contributed by atoms with Gasteiger partial charge < -0.3 is 5.32 Å². The first-order valence-electron chi connectivity index (χ1n) is 7.45. The van der Waals surface area contributed by atoms with Crippen molar-refractivity contribution in [3.8, 4) is 0 Å². The second kappa shape index (κ2) is 7.46. The van der Waals surface area contributed by atoms with E-state index in [1.807, 2.05) is 25.7 Å². The molecule has 0 unspecified atom stereocenters. The fraction of sp³-hybridized carbons (Fsp3) is 0.571. The molecule has 0 bridgehead atoms. The fourth-order valence-corrected chi connectivity index (χ4v) is 2.94. The summed E-state index contributed by atoms with van der Waals surface area (Å²) in [6, 6.07) is 1.49. The predicted molar refractivity (Wildman–Crippen MR) is 86.1 cm³/mol. The zero-order valence-electron chi connectivity index (χ0n) is 13.1. The molecule has 0 saturated heterocycles. The summed E-state index contributed by atoms with van der Waals surface area (Å²) in [5.74, 6) is -0.0202. The molecule has 120 valence electrons. The number of rotatable bonds is 7. The molecular formula is C14H21N5O2S. The molecule has 7 nitrogen and oxygen atoms in total. The summed E-state index contributed by atoms with van der Waals surface area (Å²) in [6.07, 6.45) is 0.779. The van der Waals surface area contributed by atoms with Gasteiger partial charge in [-0.2, -0.15) is 9.61 Å². The van der Waals surface area contributed by atoms with Gasteiger partial charge in [-0.25, -0.2) is 4.98 Å². The van der Waals surface area contributed by atoms with Crippen molar-refractivity contribution >= 4 is 22.2 Å². The summed E-state index contributed by atoms with van der Waals surface area (Å²) in [4.78, 5) is 30.8. The van der Waals surface area contributed by atoms with E-state index >= 15 is 0 Å². The molecule has 22 heavy (non-hydrogen) atoms. The highest BCUT2D eigenvalue weighted by Crippen LogP contribution is 2.12.